The molecule has 0 radical (unpaired) electrons. The minimum Gasteiger partial charge on any atom is -0.496 e. The van der Waals surface area contributed by atoms with Gasteiger partial charge in [-0.3, -0.25) is 9.48 Å². The molecule has 2 rings (SSSR count). The van der Waals surface area contributed by atoms with Crippen LogP contribution in [0.1, 0.15) is 11.1 Å². The summed E-state index contributed by atoms with van der Waals surface area (Å²) in [6.07, 6.45) is -1.48. The minimum atomic E-state index is -4.57. The number of hydrogen-bond donors (Lipinski definition) is 1. The molecule has 0 atom stereocenters. The predicted octanol–water partition coefficient (Wildman–Crippen LogP) is 2.86. The first-order valence-corrected chi connectivity index (χ1v) is 6.34. The van der Waals surface area contributed by atoms with Crippen molar-refractivity contribution in [1.82, 2.24) is 9.78 Å². The Hall–Kier alpha value is -2.51. The van der Waals surface area contributed by atoms with Crippen molar-refractivity contribution in [3.05, 3.63) is 41.7 Å². The molecule has 0 unspecified atom stereocenters. The first-order chi connectivity index (χ1) is 10.3. The molecule has 1 aromatic heterocycles. The van der Waals surface area contributed by atoms with Gasteiger partial charge in [-0.15, -0.1) is 0 Å². The number of anilines is 1. The number of carbonyl (C=O) groups excluding carboxylic acids is 1. The lowest BCUT2D eigenvalue weighted by atomic mass is 10.1. The van der Waals surface area contributed by atoms with Crippen molar-refractivity contribution in [2.24, 2.45) is 0 Å². The average molecular weight is 313 g/mol. The highest BCUT2D eigenvalue weighted by Gasteiger charge is 2.35. The summed E-state index contributed by atoms with van der Waals surface area (Å²) < 4.78 is 45.1. The second-order valence-corrected chi connectivity index (χ2v) is 4.62. The lowest BCUT2D eigenvalue weighted by Gasteiger charge is -2.16. The van der Waals surface area contributed by atoms with Crippen LogP contribution >= 0.6 is 0 Å². The van der Waals surface area contributed by atoms with Gasteiger partial charge >= 0.3 is 6.18 Å². The third-order valence-electron chi connectivity index (χ3n) is 2.99. The minimum absolute atomic E-state index is 0.0835. The molecule has 0 fully saturated rings. The molecule has 1 N–H and O–H groups in total. The van der Waals surface area contributed by atoms with Gasteiger partial charge in [0.15, 0.2) is 0 Å². The van der Waals surface area contributed by atoms with Gasteiger partial charge in [0.05, 0.1) is 12.7 Å². The van der Waals surface area contributed by atoms with Gasteiger partial charge in [-0.05, 0) is 30.7 Å². The van der Waals surface area contributed by atoms with Crippen LogP contribution in [0, 0.1) is 6.92 Å². The Balaban J connectivity index is 2.25. The third kappa shape index (κ3) is 3.57. The van der Waals surface area contributed by atoms with Gasteiger partial charge in [0.1, 0.15) is 12.3 Å². The lowest BCUT2D eigenvalue weighted by Crippen LogP contribution is -2.20. The predicted molar refractivity (Wildman–Crippen MR) is 73.6 cm³/mol. The number of hydrogen-bond acceptors (Lipinski definition) is 3. The summed E-state index contributed by atoms with van der Waals surface area (Å²) >= 11 is 0. The van der Waals surface area contributed by atoms with E-state index in [1.54, 1.807) is 19.2 Å². The SMILES string of the molecule is COc1cc(C)c(NC(=O)Cn2cccn2)cc1C(F)(F)F. The number of ether oxygens (including phenoxy) is 1. The zero-order valence-corrected chi connectivity index (χ0v) is 11.9. The molecule has 0 aliphatic carbocycles. The third-order valence-corrected chi connectivity index (χ3v) is 2.99. The summed E-state index contributed by atoms with van der Waals surface area (Å²) in [6, 6.07) is 3.76. The van der Waals surface area contributed by atoms with Gasteiger partial charge in [0.2, 0.25) is 5.91 Å². The number of benzene rings is 1. The first-order valence-electron chi connectivity index (χ1n) is 6.34. The molecule has 0 saturated carbocycles. The highest BCUT2D eigenvalue weighted by Crippen LogP contribution is 2.39. The van der Waals surface area contributed by atoms with Gasteiger partial charge in [0, 0.05) is 18.1 Å². The fourth-order valence-corrected chi connectivity index (χ4v) is 1.94. The molecule has 1 amide bonds. The monoisotopic (exact) mass is 313 g/mol. The van der Waals surface area contributed by atoms with E-state index in [1.165, 1.54) is 24.1 Å². The number of aromatic nitrogens is 2. The highest BCUT2D eigenvalue weighted by atomic mass is 19.4. The molecular formula is C14H14F3N3O2. The quantitative estimate of drug-likeness (QED) is 0.944. The summed E-state index contributed by atoms with van der Waals surface area (Å²) in [7, 11) is 1.17. The van der Waals surface area contributed by atoms with Crippen LogP contribution in [-0.2, 0) is 17.5 Å². The maximum Gasteiger partial charge on any atom is 0.420 e. The summed E-state index contributed by atoms with van der Waals surface area (Å²) in [5, 5.41) is 6.32. The fraction of sp³-hybridized carbons (Fsp3) is 0.286. The van der Waals surface area contributed by atoms with Crippen LogP contribution in [0.5, 0.6) is 5.75 Å². The number of nitrogens with zero attached hydrogens (tertiary/aromatic N) is 2. The van der Waals surface area contributed by atoms with Crippen molar-refractivity contribution in [3.8, 4) is 5.75 Å². The summed E-state index contributed by atoms with van der Waals surface area (Å²) in [4.78, 5) is 11.9. The highest BCUT2D eigenvalue weighted by molar-refractivity contribution is 5.91. The number of carbonyl (C=O) groups is 1. The molecule has 0 spiro atoms. The number of halogens is 3. The van der Waals surface area contributed by atoms with Crippen molar-refractivity contribution in [1.29, 1.82) is 0 Å². The van der Waals surface area contributed by atoms with Gasteiger partial charge in [-0.25, -0.2) is 0 Å². The zero-order chi connectivity index (χ0) is 16.3. The molecule has 118 valence electrons. The van der Waals surface area contributed by atoms with E-state index in [1.807, 2.05) is 0 Å². The lowest BCUT2D eigenvalue weighted by molar-refractivity contribution is -0.138. The van der Waals surface area contributed by atoms with E-state index in [0.29, 0.717) is 5.56 Å². The van der Waals surface area contributed by atoms with E-state index in [0.717, 1.165) is 6.07 Å². The second-order valence-electron chi connectivity index (χ2n) is 4.62. The standard InChI is InChI=1S/C14H14F3N3O2/c1-9-6-12(22-2)10(14(15,16)17)7-11(9)19-13(21)8-20-5-3-4-18-20/h3-7H,8H2,1-2H3,(H,19,21). The molecule has 1 heterocycles. The zero-order valence-electron chi connectivity index (χ0n) is 11.9. The molecule has 5 nitrogen and oxygen atoms in total. The van der Waals surface area contributed by atoms with Gasteiger partial charge in [-0.1, -0.05) is 0 Å². The van der Waals surface area contributed by atoms with Crippen LogP contribution in [-0.4, -0.2) is 22.8 Å². The average Bonchev–Trinajstić information content (AvgIpc) is 2.92. The number of aryl methyl sites for hydroxylation is 1. The molecule has 22 heavy (non-hydrogen) atoms. The summed E-state index contributed by atoms with van der Waals surface area (Å²) in [5.41, 5.74) is -0.376. The molecule has 0 aliphatic heterocycles. The second kappa shape index (κ2) is 6.08. The number of alkyl halides is 3. The van der Waals surface area contributed by atoms with Crippen molar-refractivity contribution >= 4 is 11.6 Å². The Morgan fingerprint density at radius 2 is 2.14 bits per heavy atom. The number of methoxy groups -OCH3 is 1. The summed E-state index contributed by atoms with van der Waals surface area (Å²) in [5.74, 6) is -0.750. The largest absolute Gasteiger partial charge is 0.496 e. The van der Waals surface area contributed by atoms with E-state index in [9.17, 15) is 18.0 Å². The molecular weight excluding hydrogens is 299 g/mol. The Morgan fingerprint density at radius 1 is 1.41 bits per heavy atom. The van der Waals surface area contributed by atoms with Gasteiger partial charge in [0.25, 0.3) is 0 Å². The molecule has 2 aromatic rings. The van der Waals surface area contributed by atoms with E-state index in [-0.39, 0.29) is 18.0 Å². The van der Waals surface area contributed by atoms with Crippen LogP contribution < -0.4 is 10.1 Å². The number of rotatable bonds is 4. The van der Waals surface area contributed by atoms with Crippen molar-refractivity contribution in [2.75, 3.05) is 12.4 Å². The Morgan fingerprint density at radius 3 is 2.68 bits per heavy atom. The maximum atomic E-state index is 13.0. The van der Waals surface area contributed by atoms with Crippen LogP contribution in [0.25, 0.3) is 0 Å². The van der Waals surface area contributed by atoms with Gasteiger partial charge < -0.3 is 10.1 Å². The van der Waals surface area contributed by atoms with E-state index in [4.69, 9.17) is 4.74 Å². The number of nitrogens with one attached hydrogen (secondary N) is 1. The van der Waals surface area contributed by atoms with Crippen LogP contribution in [0.3, 0.4) is 0 Å². The smallest absolute Gasteiger partial charge is 0.420 e. The maximum absolute atomic E-state index is 13.0. The molecule has 8 heteroatoms. The van der Waals surface area contributed by atoms with Crippen LogP contribution in [0.2, 0.25) is 0 Å². The molecule has 1 aromatic carbocycles. The van der Waals surface area contributed by atoms with Gasteiger partial charge in [-0.2, -0.15) is 18.3 Å². The van der Waals surface area contributed by atoms with Crippen LogP contribution in [0.15, 0.2) is 30.6 Å². The molecule has 0 saturated heterocycles. The molecule has 0 bridgehead atoms. The van der Waals surface area contributed by atoms with E-state index >= 15 is 0 Å². The summed E-state index contributed by atoms with van der Waals surface area (Å²) in [6.45, 7) is 1.51. The van der Waals surface area contributed by atoms with E-state index in [2.05, 4.69) is 10.4 Å². The normalized spacial score (nSPS) is 11.3. The fourth-order valence-electron chi connectivity index (χ4n) is 1.94. The first kappa shape index (κ1) is 15.9. The Kier molecular flexibility index (Phi) is 4.39. The molecule has 0 aliphatic rings. The van der Waals surface area contributed by atoms with Crippen molar-refractivity contribution in [3.63, 3.8) is 0 Å². The van der Waals surface area contributed by atoms with Crippen molar-refractivity contribution in [2.45, 2.75) is 19.6 Å². The van der Waals surface area contributed by atoms with Crippen molar-refractivity contribution < 1.29 is 22.7 Å². The van der Waals surface area contributed by atoms with Crippen LogP contribution in [0.4, 0.5) is 18.9 Å². The Labute approximate surface area is 124 Å². The van der Waals surface area contributed by atoms with E-state index < -0.39 is 17.6 Å². The number of amides is 1. The Bertz CT molecular complexity index is 667. The topological polar surface area (TPSA) is 56.1 Å².